The van der Waals surface area contributed by atoms with Gasteiger partial charge in [-0.05, 0) is 38.6 Å². The second kappa shape index (κ2) is 9.47. The lowest BCUT2D eigenvalue weighted by Crippen LogP contribution is -2.43. The van der Waals surface area contributed by atoms with Gasteiger partial charge in [0.1, 0.15) is 11.8 Å². The Morgan fingerprint density at radius 3 is 2.20 bits per heavy atom. The van der Waals surface area contributed by atoms with E-state index in [9.17, 15) is 22.8 Å². The molecule has 0 saturated carbocycles. The summed E-state index contributed by atoms with van der Waals surface area (Å²) in [5.74, 6) is -1.79. The zero-order valence-corrected chi connectivity index (χ0v) is 14.6. The number of ether oxygens (including phenoxy) is 1. The Balaban J connectivity index is 0.00000576. The zero-order valence-electron chi connectivity index (χ0n) is 13.8. The number of halogens is 4. The molecule has 0 radical (unpaired) electrons. The average Bonchev–Trinajstić information content (AvgIpc) is 2.44. The van der Waals surface area contributed by atoms with E-state index in [2.05, 4.69) is 10.1 Å². The highest BCUT2D eigenvalue weighted by molar-refractivity contribution is 5.85. The topological polar surface area (TPSA) is 78.9 Å². The summed E-state index contributed by atoms with van der Waals surface area (Å²) in [7, 11) is 1.51. The fourth-order valence-corrected chi connectivity index (χ4v) is 1.88. The van der Waals surface area contributed by atoms with Crippen LogP contribution in [0.25, 0.3) is 0 Å². The summed E-state index contributed by atoms with van der Waals surface area (Å²) in [6.07, 6.45) is -4.76. The molecule has 0 spiro atoms. The number of benzene rings is 1. The summed E-state index contributed by atoms with van der Waals surface area (Å²) in [6.45, 7) is 3.00. The van der Waals surface area contributed by atoms with Crippen LogP contribution in [-0.2, 0) is 9.59 Å². The van der Waals surface area contributed by atoms with Gasteiger partial charge < -0.3 is 15.2 Å². The molecule has 10 heteroatoms. The van der Waals surface area contributed by atoms with Crippen LogP contribution in [0.15, 0.2) is 24.3 Å². The van der Waals surface area contributed by atoms with E-state index < -0.39 is 30.3 Å². The average molecular weight is 385 g/mol. The van der Waals surface area contributed by atoms with Gasteiger partial charge in [-0.3, -0.25) is 14.5 Å². The van der Waals surface area contributed by atoms with Crippen LogP contribution in [-0.4, -0.2) is 47.9 Å². The minimum atomic E-state index is -4.76. The van der Waals surface area contributed by atoms with E-state index in [-0.39, 0.29) is 24.7 Å². The number of amides is 1. The van der Waals surface area contributed by atoms with Crippen LogP contribution in [0.2, 0.25) is 0 Å². The third-order valence-corrected chi connectivity index (χ3v) is 3.40. The lowest BCUT2D eigenvalue weighted by Gasteiger charge is -2.22. The maximum atomic E-state index is 12.1. The molecule has 142 valence electrons. The molecule has 0 saturated heterocycles. The number of carbonyl (C=O) groups excluding carboxylic acids is 1. The number of hydrogen-bond donors (Lipinski definition) is 2. The lowest BCUT2D eigenvalue weighted by atomic mass is 10.1. The molecule has 6 nitrogen and oxygen atoms in total. The first-order chi connectivity index (χ1) is 11.0. The Kier molecular flexibility index (Phi) is 8.72. The van der Waals surface area contributed by atoms with E-state index in [1.807, 2.05) is 0 Å². The Hall–Kier alpha value is -2.00. The van der Waals surface area contributed by atoms with Gasteiger partial charge in [0.15, 0.2) is 0 Å². The van der Waals surface area contributed by atoms with E-state index in [1.54, 1.807) is 6.92 Å². The van der Waals surface area contributed by atoms with Crippen LogP contribution < -0.4 is 10.1 Å². The molecule has 0 fully saturated rings. The number of rotatable bonds is 7. The normalized spacial score (nSPS) is 13.6. The first-order valence-electron chi connectivity index (χ1n) is 7.07. The summed E-state index contributed by atoms with van der Waals surface area (Å²) in [5, 5.41) is 11.5. The smallest absolute Gasteiger partial charge is 0.480 e. The molecule has 0 heterocycles. The van der Waals surface area contributed by atoms with Gasteiger partial charge in [0.05, 0.1) is 12.6 Å². The Labute approximate surface area is 149 Å². The van der Waals surface area contributed by atoms with E-state index in [1.165, 1.54) is 31.0 Å². The molecule has 1 rings (SSSR count). The van der Waals surface area contributed by atoms with Gasteiger partial charge >= 0.3 is 12.3 Å². The molecule has 0 aliphatic heterocycles. The summed E-state index contributed by atoms with van der Waals surface area (Å²) in [6, 6.07) is 3.87. The van der Waals surface area contributed by atoms with Crippen molar-refractivity contribution in [2.75, 3.05) is 13.6 Å². The second-order valence-electron chi connectivity index (χ2n) is 5.34. The molecule has 25 heavy (non-hydrogen) atoms. The fraction of sp³-hybridized carbons (Fsp3) is 0.467. The minimum Gasteiger partial charge on any atom is -0.480 e. The quantitative estimate of drug-likeness (QED) is 0.755. The standard InChI is InChI=1S/C15H19F3N2O4.ClH/c1-9(19-13(21)8-20(3)10(2)14(22)23)11-4-6-12(7-5-11)24-15(16,17)18;/h4-7,9-10H,8H2,1-3H3,(H,19,21)(H,22,23);1H. The van der Waals surface area contributed by atoms with Gasteiger partial charge in [0, 0.05) is 0 Å². The molecule has 2 unspecified atom stereocenters. The van der Waals surface area contributed by atoms with Crippen LogP contribution in [0, 0.1) is 0 Å². The first kappa shape index (κ1) is 23.0. The van der Waals surface area contributed by atoms with Crippen LogP contribution in [0.5, 0.6) is 5.75 Å². The molecule has 1 aromatic carbocycles. The number of alkyl halides is 3. The zero-order chi connectivity index (χ0) is 18.5. The molecule has 0 aliphatic carbocycles. The number of aliphatic carboxylic acids is 1. The van der Waals surface area contributed by atoms with Gasteiger partial charge in [0.2, 0.25) is 5.91 Å². The highest BCUT2D eigenvalue weighted by Gasteiger charge is 2.31. The number of likely N-dealkylation sites (N-methyl/N-ethyl adjacent to an activating group) is 1. The number of hydrogen-bond acceptors (Lipinski definition) is 4. The highest BCUT2D eigenvalue weighted by atomic mass is 35.5. The van der Waals surface area contributed by atoms with Crippen LogP contribution in [0.3, 0.4) is 0 Å². The number of carboxylic acids is 1. The van der Waals surface area contributed by atoms with Crippen molar-refractivity contribution in [3.05, 3.63) is 29.8 Å². The minimum absolute atomic E-state index is 0. The van der Waals surface area contributed by atoms with Gasteiger partial charge in [0.25, 0.3) is 0 Å². The molecule has 0 aliphatic rings. The van der Waals surface area contributed by atoms with Crippen LogP contribution >= 0.6 is 12.4 Å². The summed E-state index contributed by atoms with van der Waals surface area (Å²) >= 11 is 0. The maximum absolute atomic E-state index is 12.1. The van der Waals surface area contributed by atoms with Gasteiger partial charge in [-0.25, -0.2) is 0 Å². The molecule has 2 N–H and O–H groups in total. The summed E-state index contributed by atoms with van der Waals surface area (Å²) in [4.78, 5) is 24.1. The van der Waals surface area contributed by atoms with Crippen molar-refractivity contribution >= 4 is 24.3 Å². The van der Waals surface area contributed by atoms with Crippen molar-refractivity contribution < 1.29 is 32.6 Å². The summed E-state index contributed by atoms with van der Waals surface area (Å²) < 4.78 is 40.0. The monoisotopic (exact) mass is 384 g/mol. The van der Waals surface area contributed by atoms with Crippen molar-refractivity contribution in [3.63, 3.8) is 0 Å². The number of carbonyl (C=O) groups is 2. The molecule has 1 amide bonds. The SMILES string of the molecule is CC(NC(=O)CN(C)C(C)C(=O)O)c1ccc(OC(F)(F)F)cc1.Cl. The maximum Gasteiger partial charge on any atom is 0.573 e. The van der Waals surface area contributed by atoms with Crippen LogP contribution in [0.1, 0.15) is 25.5 Å². The van der Waals surface area contributed by atoms with E-state index in [0.717, 1.165) is 12.1 Å². The highest BCUT2D eigenvalue weighted by Crippen LogP contribution is 2.24. The van der Waals surface area contributed by atoms with Crippen LogP contribution in [0.4, 0.5) is 13.2 Å². The van der Waals surface area contributed by atoms with Crippen molar-refractivity contribution in [2.24, 2.45) is 0 Å². The third-order valence-electron chi connectivity index (χ3n) is 3.40. The van der Waals surface area contributed by atoms with Crippen molar-refractivity contribution in [1.82, 2.24) is 10.2 Å². The fourth-order valence-electron chi connectivity index (χ4n) is 1.88. The van der Waals surface area contributed by atoms with E-state index >= 15 is 0 Å². The third kappa shape index (κ3) is 8.08. The lowest BCUT2D eigenvalue weighted by molar-refractivity contribution is -0.274. The van der Waals surface area contributed by atoms with E-state index in [0.29, 0.717) is 5.56 Å². The first-order valence-corrected chi connectivity index (χ1v) is 7.07. The molecule has 0 aromatic heterocycles. The Bertz CT molecular complexity index is 581. The second-order valence-corrected chi connectivity index (χ2v) is 5.34. The molecule has 2 atom stereocenters. The van der Waals surface area contributed by atoms with E-state index in [4.69, 9.17) is 5.11 Å². The van der Waals surface area contributed by atoms with Crippen molar-refractivity contribution in [2.45, 2.75) is 32.3 Å². The predicted octanol–water partition coefficient (Wildman–Crippen LogP) is 2.59. The summed E-state index contributed by atoms with van der Waals surface area (Å²) in [5.41, 5.74) is 0.590. The molecule has 1 aromatic rings. The van der Waals surface area contributed by atoms with Crippen molar-refractivity contribution in [3.8, 4) is 5.75 Å². The number of carboxylic acid groups (broad SMARTS) is 1. The van der Waals surface area contributed by atoms with Gasteiger partial charge in [-0.1, -0.05) is 12.1 Å². The van der Waals surface area contributed by atoms with Gasteiger partial charge in [-0.15, -0.1) is 25.6 Å². The molecular formula is C15H20ClF3N2O4. The largest absolute Gasteiger partial charge is 0.573 e. The number of nitrogens with zero attached hydrogens (tertiary/aromatic N) is 1. The molecule has 0 bridgehead atoms. The Morgan fingerprint density at radius 2 is 1.76 bits per heavy atom. The van der Waals surface area contributed by atoms with Crippen molar-refractivity contribution in [1.29, 1.82) is 0 Å². The Morgan fingerprint density at radius 1 is 1.24 bits per heavy atom. The number of nitrogens with one attached hydrogen (secondary N) is 1. The predicted molar refractivity (Wildman–Crippen MR) is 86.7 cm³/mol. The van der Waals surface area contributed by atoms with Gasteiger partial charge in [-0.2, -0.15) is 0 Å². The molecular weight excluding hydrogens is 365 g/mol.